The van der Waals surface area contributed by atoms with E-state index in [2.05, 4.69) is 10.6 Å². The van der Waals surface area contributed by atoms with Crippen LogP contribution < -0.4 is 10.6 Å². The molecule has 0 unspecified atom stereocenters. The third-order valence-electron chi connectivity index (χ3n) is 4.32. The number of ether oxygens (including phenoxy) is 1. The van der Waals surface area contributed by atoms with Crippen molar-refractivity contribution in [1.82, 2.24) is 10.6 Å². The first-order valence-corrected chi connectivity index (χ1v) is 9.50. The molecule has 1 aliphatic heterocycles. The van der Waals surface area contributed by atoms with Crippen molar-refractivity contribution >= 4 is 17.9 Å². The minimum Gasteiger partial charge on any atom is -0.480 e. The zero-order valence-electron chi connectivity index (χ0n) is 16.4. The Morgan fingerprint density at radius 2 is 1.93 bits per heavy atom. The highest BCUT2D eigenvalue weighted by Gasteiger charge is 2.24. The number of rotatable bonds is 9. The Morgan fingerprint density at radius 1 is 1.25 bits per heavy atom. The Balaban J connectivity index is 0.000000406. The standard InChI is InChI=1S/C15H21NO4.C5H9NO2/c1-3-20-15(19)13(16-11(2)14(17)18)10-9-12-7-5-4-6-8-12;7-5(8)4-2-1-3-6-4/h4-8,11,13,16H,3,9-10H2,1-2H3,(H,17,18);4,6H,1-3H2,(H,7,8)/t11-,13-;4-/m00/s1. The van der Waals surface area contributed by atoms with Crippen molar-refractivity contribution < 1.29 is 29.3 Å². The number of hydrogen-bond acceptors (Lipinski definition) is 6. The van der Waals surface area contributed by atoms with Crippen molar-refractivity contribution in [2.45, 2.75) is 57.7 Å². The van der Waals surface area contributed by atoms with Gasteiger partial charge in [0.1, 0.15) is 18.1 Å². The van der Waals surface area contributed by atoms with Gasteiger partial charge in [-0.3, -0.25) is 19.7 Å². The predicted octanol–water partition coefficient (Wildman–Crippen LogP) is 1.44. The maximum Gasteiger partial charge on any atom is 0.323 e. The zero-order chi connectivity index (χ0) is 20.9. The molecule has 0 saturated carbocycles. The summed E-state index contributed by atoms with van der Waals surface area (Å²) in [7, 11) is 0. The molecular weight excluding hydrogens is 364 g/mol. The third kappa shape index (κ3) is 8.96. The van der Waals surface area contributed by atoms with Crippen LogP contribution in [0.3, 0.4) is 0 Å². The van der Waals surface area contributed by atoms with Gasteiger partial charge in [-0.05, 0) is 51.6 Å². The lowest BCUT2D eigenvalue weighted by molar-refractivity contribution is -0.147. The Morgan fingerprint density at radius 3 is 2.39 bits per heavy atom. The normalized spacial score (nSPS) is 17.7. The average Bonchev–Trinajstić information content (AvgIpc) is 3.21. The first-order chi connectivity index (χ1) is 13.3. The molecule has 156 valence electrons. The first-order valence-electron chi connectivity index (χ1n) is 9.50. The van der Waals surface area contributed by atoms with Gasteiger partial charge in [0.25, 0.3) is 0 Å². The number of carboxylic acids is 2. The van der Waals surface area contributed by atoms with Crippen LogP contribution in [-0.2, 0) is 25.5 Å². The summed E-state index contributed by atoms with van der Waals surface area (Å²) in [6.45, 7) is 4.38. The van der Waals surface area contributed by atoms with Crippen LogP contribution in [0, 0.1) is 0 Å². The number of carbonyl (C=O) groups excluding carboxylic acids is 1. The van der Waals surface area contributed by atoms with Gasteiger partial charge in [-0.2, -0.15) is 0 Å². The molecule has 0 spiro atoms. The van der Waals surface area contributed by atoms with Crippen LogP contribution in [0.2, 0.25) is 0 Å². The van der Waals surface area contributed by atoms with Crippen LogP contribution >= 0.6 is 0 Å². The predicted molar refractivity (Wildman–Crippen MR) is 104 cm³/mol. The van der Waals surface area contributed by atoms with Crippen molar-refractivity contribution in [3.8, 4) is 0 Å². The number of esters is 1. The molecule has 2 rings (SSSR count). The fraction of sp³-hybridized carbons (Fsp3) is 0.550. The van der Waals surface area contributed by atoms with Crippen LogP contribution in [-0.4, -0.2) is 59.4 Å². The van der Waals surface area contributed by atoms with Crippen LogP contribution in [0.4, 0.5) is 0 Å². The molecule has 0 aliphatic carbocycles. The van der Waals surface area contributed by atoms with Crippen molar-refractivity contribution in [2.75, 3.05) is 13.2 Å². The molecule has 0 aromatic heterocycles. The topological polar surface area (TPSA) is 125 Å². The highest BCUT2D eigenvalue weighted by atomic mass is 16.5. The van der Waals surface area contributed by atoms with Crippen molar-refractivity contribution in [1.29, 1.82) is 0 Å². The van der Waals surface area contributed by atoms with Crippen LogP contribution in [0.1, 0.15) is 38.7 Å². The number of hydrogen-bond donors (Lipinski definition) is 4. The number of aliphatic carboxylic acids is 2. The molecule has 8 nitrogen and oxygen atoms in total. The summed E-state index contributed by atoms with van der Waals surface area (Å²) in [5.74, 6) is -2.11. The summed E-state index contributed by atoms with van der Waals surface area (Å²) in [4.78, 5) is 32.9. The maximum atomic E-state index is 11.8. The van der Waals surface area contributed by atoms with E-state index < -0.39 is 30.0 Å². The molecule has 0 radical (unpaired) electrons. The largest absolute Gasteiger partial charge is 0.480 e. The Bertz CT molecular complexity index is 616. The van der Waals surface area contributed by atoms with Gasteiger partial charge in [0, 0.05) is 0 Å². The molecule has 0 amide bonds. The van der Waals surface area contributed by atoms with Gasteiger partial charge in [-0.25, -0.2) is 0 Å². The molecule has 1 fully saturated rings. The van der Waals surface area contributed by atoms with E-state index in [1.807, 2.05) is 30.3 Å². The van der Waals surface area contributed by atoms with Gasteiger partial charge in [0.05, 0.1) is 6.61 Å². The van der Waals surface area contributed by atoms with Crippen molar-refractivity contribution in [3.63, 3.8) is 0 Å². The van der Waals surface area contributed by atoms with Gasteiger partial charge in [0.15, 0.2) is 0 Å². The average molecular weight is 394 g/mol. The summed E-state index contributed by atoms with van der Waals surface area (Å²) >= 11 is 0. The lowest BCUT2D eigenvalue weighted by Crippen LogP contribution is -2.46. The van der Waals surface area contributed by atoms with E-state index in [1.54, 1.807) is 6.92 Å². The fourth-order valence-corrected chi connectivity index (χ4v) is 2.74. The number of nitrogens with one attached hydrogen (secondary N) is 2. The number of carboxylic acid groups (broad SMARTS) is 2. The molecule has 1 aromatic rings. The molecule has 28 heavy (non-hydrogen) atoms. The molecule has 8 heteroatoms. The van der Waals surface area contributed by atoms with Gasteiger partial charge in [-0.15, -0.1) is 0 Å². The van der Waals surface area contributed by atoms with E-state index in [1.165, 1.54) is 6.92 Å². The summed E-state index contributed by atoms with van der Waals surface area (Å²) in [6.07, 6.45) is 2.97. The zero-order valence-corrected chi connectivity index (χ0v) is 16.4. The number of carbonyl (C=O) groups is 3. The summed E-state index contributed by atoms with van der Waals surface area (Å²) < 4.78 is 4.98. The number of benzene rings is 1. The summed E-state index contributed by atoms with van der Waals surface area (Å²) in [5, 5.41) is 22.9. The van der Waals surface area contributed by atoms with E-state index in [0.29, 0.717) is 12.8 Å². The minimum atomic E-state index is -0.987. The van der Waals surface area contributed by atoms with Crippen molar-refractivity contribution in [3.05, 3.63) is 35.9 Å². The molecule has 3 atom stereocenters. The third-order valence-corrected chi connectivity index (χ3v) is 4.32. The van der Waals surface area contributed by atoms with Crippen LogP contribution in [0.25, 0.3) is 0 Å². The highest BCUT2D eigenvalue weighted by molar-refractivity contribution is 5.78. The molecule has 1 aliphatic rings. The SMILES string of the molecule is CCOC(=O)[C@H](CCc1ccccc1)N[C@@H](C)C(=O)O.O=C(O)[C@@H]1CCCN1. The molecule has 1 saturated heterocycles. The lowest BCUT2D eigenvalue weighted by atomic mass is 10.0. The molecule has 0 bridgehead atoms. The monoisotopic (exact) mass is 394 g/mol. The Hall–Kier alpha value is -2.45. The molecule has 1 heterocycles. The van der Waals surface area contributed by atoms with E-state index >= 15 is 0 Å². The second-order valence-corrected chi connectivity index (χ2v) is 6.54. The first kappa shape index (κ1) is 23.6. The highest BCUT2D eigenvalue weighted by Crippen LogP contribution is 2.07. The maximum absolute atomic E-state index is 11.8. The van der Waals surface area contributed by atoms with E-state index in [9.17, 15) is 14.4 Å². The van der Waals surface area contributed by atoms with Crippen LogP contribution in [0.5, 0.6) is 0 Å². The molecule has 1 aromatic carbocycles. The molecular formula is C20H30N2O6. The van der Waals surface area contributed by atoms with Crippen LogP contribution in [0.15, 0.2) is 30.3 Å². The summed E-state index contributed by atoms with van der Waals surface area (Å²) in [6, 6.07) is 8.07. The van der Waals surface area contributed by atoms with E-state index in [4.69, 9.17) is 14.9 Å². The number of aryl methyl sites for hydroxylation is 1. The second kappa shape index (κ2) is 12.9. The van der Waals surface area contributed by atoms with Crippen molar-refractivity contribution in [2.24, 2.45) is 0 Å². The van der Waals surface area contributed by atoms with E-state index in [0.717, 1.165) is 24.9 Å². The van der Waals surface area contributed by atoms with Gasteiger partial charge in [0.2, 0.25) is 0 Å². The molecule has 4 N–H and O–H groups in total. The minimum absolute atomic E-state index is 0.269. The summed E-state index contributed by atoms with van der Waals surface area (Å²) in [5.41, 5.74) is 1.10. The fourth-order valence-electron chi connectivity index (χ4n) is 2.74. The Kier molecular flexibility index (Phi) is 10.8. The quantitative estimate of drug-likeness (QED) is 0.464. The van der Waals surface area contributed by atoms with Gasteiger partial charge in [-0.1, -0.05) is 30.3 Å². The van der Waals surface area contributed by atoms with E-state index in [-0.39, 0.29) is 12.6 Å². The van der Waals surface area contributed by atoms with Gasteiger partial charge >= 0.3 is 17.9 Å². The smallest absolute Gasteiger partial charge is 0.323 e. The Labute approximate surface area is 165 Å². The lowest BCUT2D eigenvalue weighted by Gasteiger charge is -2.19. The second-order valence-electron chi connectivity index (χ2n) is 6.54. The van der Waals surface area contributed by atoms with Gasteiger partial charge < -0.3 is 20.3 Å².